The smallest absolute Gasteiger partial charge is 0.248 e. The predicted molar refractivity (Wildman–Crippen MR) is 72.2 cm³/mol. The molecule has 1 aliphatic rings. The van der Waals surface area contributed by atoms with E-state index in [0.29, 0.717) is 6.61 Å². The maximum atomic E-state index is 11.9. The maximum absolute atomic E-state index is 11.9. The lowest BCUT2D eigenvalue weighted by Gasteiger charge is -2.22. The first-order chi connectivity index (χ1) is 9.25. The van der Waals surface area contributed by atoms with Gasteiger partial charge in [-0.25, -0.2) is 8.42 Å². The molecule has 0 radical (unpaired) electrons. The highest BCUT2D eigenvalue weighted by atomic mass is 32.2. The standard InChI is InChI=1S/C11H21N3O5S/c1-3-19-8-10(15)13-4-5-14(20(2,17)18)7-9(6-13)11(12)16/h9H,3-8H2,1-2H3,(H2,12,16)/t9-/m0/s1. The number of nitrogens with two attached hydrogens (primary N) is 1. The number of sulfonamides is 1. The lowest BCUT2D eigenvalue weighted by molar-refractivity contribution is -0.136. The second kappa shape index (κ2) is 7.00. The molecule has 8 nitrogen and oxygen atoms in total. The topological polar surface area (TPSA) is 110 Å². The van der Waals surface area contributed by atoms with Crippen molar-refractivity contribution in [3.05, 3.63) is 0 Å². The average Bonchev–Trinajstić information content (AvgIpc) is 2.58. The summed E-state index contributed by atoms with van der Waals surface area (Å²) < 4.78 is 29.4. The summed E-state index contributed by atoms with van der Waals surface area (Å²) in [4.78, 5) is 24.7. The molecule has 20 heavy (non-hydrogen) atoms. The lowest BCUT2D eigenvalue weighted by atomic mass is 10.1. The van der Waals surface area contributed by atoms with Crippen LogP contribution in [0.15, 0.2) is 0 Å². The maximum Gasteiger partial charge on any atom is 0.248 e. The molecule has 1 heterocycles. The first-order valence-corrected chi connectivity index (χ1v) is 8.20. The van der Waals surface area contributed by atoms with Crippen molar-refractivity contribution in [2.24, 2.45) is 11.7 Å². The highest BCUT2D eigenvalue weighted by molar-refractivity contribution is 7.88. The minimum absolute atomic E-state index is 0.00653. The summed E-state index contributed by atoms with van der Waals surface area (Å²) in [6.45, 7) is 2.60. The minimum atomic E-state index is -3.43. The van der Waals surface area contributed by atoms with Gasteiger partial charge in [-0.05, 0) is 6.92 Å². The van der Waals surface area contributed by atoms with E-state index in [1.165, 1.54) is 9.21 Å². The fraction of sp³-hybridized carbons (Fsp3) is 0.818. The molecular formula is C11H21N3O5S. The molecule has 0 aliphatic carbocycles. The van der Waals surface area contributed by atoms with Crippen LogP contribution < -0.4 is 5.73 Å². The van der Waals surface area contributed by atoms with Crippen molar-refractivity contribution in [1.82, 2.24) is 9.21 Å². The van der Waals surface area contributed by atoms with Gasteiger partial charge in [0.25, 0.3) is 0 Å². The van der Waals surface area contributed by atoms with Crippen LogP contribution in [0.1, 0.15) is 6.92 Å². The molecule has 0 bridgehead atoms. The van der Waals surface area contributed by atoms with Crippen LogP contribution in [0.25, 0.3) is 0 Å². The molecule has 2 N–H and O–H groups in total. The van der Waals surface area contributed by atoms with Crippen LogP contribution in [-0.4, -0.2) is 75.1 Å². The SMILES string of the molecule is CCOCC(=O)N1CCN(S(C)(=O)=O)C[C@@H](C(N)=O)C1. The van der Waals surface area contributed by atoms with E-state index in [9.17, 15) is 18.0 Å². The van der Waals surface area contributed by atoms with Gasteiger partial charge in [0.05, 0.1) is 12.2 Å². The van der Waals surface area contributed by atoms with E-state index in [-0.39, 0.29) is 38.7 Å². The Morgan fingerprint density at radius 3 is 2.45 bits per heavy atom. The number of amides is 2. The van der Waals surface area contributed by atoms with Crippen molar-refractivity contribution in [1.29, 1.82) is 0 Å². The number of rotatable bonds is 5. The van der Waals surface area contributed by atoms with Crippen molar-refractivity contribution in [3.63, 3.8) is 0 Å². The summed E-state index contributed by atoms with van der Waals surface area (Å²) in [7, 11) is -3.43. The van der Waals surface area contributed by atoms with Gasteiger partial charge in [-0.3, -0.25) is 9.59 Å². The zero-order valence-corrected chi connectivity index (χ0v) is 12.6. The van der Waals surface area contributed by atoms with E-state index in [4.69, 9.17) is 10.5 Å². The van der Waals surface area contributed by atoms with Crippen molar-refractivity contribution in [3.8, 4) is 0 Å². The van der Waals surface area contributed by atoms with Crippen molar-refractivity contribution in [2.45, 2.75) is 6.92 Å². The van der Waals surface area contributed by atoms with E-state index in [1.807, 2.05) is 0 Å². The number of primary amides is 1. The minimum Gasteiger partial charge on any atom is -0.372 e. The Labute approximate surface area is 118 Å². The molecule has 1 fully saturated rings. The third-order valence-electron chi connectivity index (χ3n) is 3.14. The largest absolute Gasteiger partial charge is 0.372 e. The molecule has 2 amide bonds. The van der Waals surface area contributed by atoms with Gasteiger partial charge in [-0.1, -0.05) is 0 Å². The number of carbonyl (C=O) groups is 2. The molecule has 0 spiro atoms. The normalized spacial score (nSPS) is 21.5. The van der Waals surface area contributed by atoms with E-state index in [1.54, 1.807) is 6.92 Å². The molecule has 1 aliphatic heterocycles. The van der Waals surface area contributed by atoms with Gasteiger partial charge >= 0.3 is 0 Å². The average molecular weight is 307 g/mol. The van der Waals surface area contributed by atoms with Crippen LogP contribution in [0.5, 0.6) is 0 Å². The summed E-state index contributed by atoms with van der Waals surface area (Å²) in [6.07, 6.45) is 1.07. The Balaban J connectivity index is 2.82. The molecule has 0 saturated carbocycles. The van der Waals surface area contributed by atoms with Crippen LogP contribution in [0.2, 0.25) is 0 Å². The molecular weight excluding hydrogens is 286 g/mol. The number of nitrogens with zero attached hydrogens (tertiary/aromatic N) is 2. The summed E-state index contributed by atoms with van der Waals surface area (Å²) in [5.74, 6) is -1.60. The number of hydrogen-bond acceptors (Lipinski definition) is 5. The molecule has 9 heteroatoms. The molecule has 116 valence electrons. The van der Waals surface area contributed by atoms with Crippen LogP contribution in [-0.2, 0) is 24.3 Å². The summed E-state index contributed by atoms with van der Waals surface area (Å²) in [5, 5.41) is 0. The van der Waals surface area contributed by atoms with Gasteiger partial charge in [-0.2, -0.15) is 4.31 Å². The zero-order chi connectivity index (χ0) is 15.3. The lowest BCUT2D eigenvalue weighted by Crippen LogP contribution is -2.42. The summed E-state index contributed by atoms with van der Waals surface area (Å²) >= 11 is 0. The van der Waals surface area contributed by atoms with Crippen LogP contribution in [0.3, 0.4) is 0 Å². The molecule has 0 aromatic heterocycles. The molecule has 1 rings (SSSR count). The quantitative estimate of drug-likeness (QED) is 0.646. The molecule has 0 aromatic carbocycles. The van der Waals surface area contributed by atoms with Gasteiger partial charge in [0.1, 0.15) is 6.61 Å². The van der Waals surface area contributed by atoms with Crippen LogP contribution >= 0.6 is 0 Å². The van der Waals surface area contributed by atoms with E-state index < -0.39 is 21.8 Å². The van der Waals surface area contributed by atoms with E-state index in [2.05, 4.69) is 0 Å². The van der Waals surface area contributed by atoms with E-state index >= 15 is 0 Å². The van der Waals surface area contributed by atoms with E-state index in [0.717, 1.165) is 6.26 Å². The second-order valence-corrected chi connectivity index (χ2v) is 6.68. The first kappa shape index (κ1) is 16.9. The van der Waals surface area contributed by atoms with Gasteiger partial charge in [0.2, 0.25) is 21.8 Å². The fourth-order valence-corrected chi connectivity index (χ4v) is 2.84. The Kier molecular flexibility index (Phi) is 5.90. The van der Waals surface area contributed by atoms with Crippen LogP contribution in [0.4, 0.5) is 0 Å². The van der Waals surface area contributed by atoms with Crippen molar-refractivity contribution < 1.29 is 22.7 Å². The Morgan fingerprint density at radius 2 is 1.95 bits per heavy atom. The molecule has 1 atom stereocenters. The zero-order valence-electron chi connectivity index (χ0n) is 11.7. The first-order valence-electron chi connectivity index (χ1n) is 6.35. The Morgan fingerprint density at radius 1 is 1.30 bits per heavy atom. The van der Waals surface area contributed by atoms with Crippen molar-refractivity contribution >= 4 is 21.8 Å². The molecule has 1 saturated heterocycles. The van der Waals surface area contributed by atoms with Gasteiger partial charge in [0, 0.05) is 32.8 Å². The highest BCUT2D eigenvalue weighted by Gasteiger charge is 2.32. The number of carbonyl (C=O) groups excluding carboxylic acids is 2. The summed E-state index contributed by atoms with van der Waals surface area (Å²) in [6, 6.07) is 0. The van der Waals surface area contributed by atoms with Gasteiger partial charge in [0.15, 0.2) is 0 Å². The Hall–Kier alpha value is -1.19. The number of ether oxygens (including phenoxy) is 1. The monoisotopic (exact) mass is 307 g/mol. The second-order valence-electron chi connectivity index (χ2n) is 4.70. The van der Waals surface area contributed by atoms with Crippen LogP contribution in [0, 0.1) is 5.92 Å². The fourth-order valence-electron chi connectivity index (χ4n) is 1.97. The Bertz CT molecular complexity index is 465. The molecule has 0 aromatic rings. The third kappa shape index (κ3) is 4.73. The highest BCUT2D eigenvalue weighted by Crippen LogP contribution is 2.12. The summed E-state index contributed by atoms with van der Waals surface area (Å²) in [5.41, 5.74) is 5.27. The van der Waals surface area contributed by atoms with Gasteiger partial charge in [-0.15, -0.1) is 0 Å². The third-order valence-corrected chi connectivity index (χ3v) is 4.41. The number of hydrogen-bond donors (Lipinski definition) is 1. The predicted octanol–water partition coefficient (Wildman–Crippen LogP) is -1.77. The van der Waals surface area contributed by atoms with Crippen molar-refractivity contribution in [2.75, 3.05) is 45.6 Å². The molecule has 0 unspecified atom stereocenters. The van der Waals surface area contributed by atoms with Gasteiger partial charge < -0.3 is 15.4 Å².